The van der Waals surface area contributed by atoms with Crippen molar-refractivity contribution in [3.63, 3.8) is 0 Å². The van der Waals surface area contributed by atoms with Crippen LogP contribution >= 0.6 is 0 Å². The van der Waals surface area contributed by atoms with Gasteiger partial charge in [-0.2, -0.15) is 0 Å². The molecule has 5 rings (SSSR count). The number of nitrogens with zero attached hydrogens (tertiary/aromatic N) is 2. The fourth-order valence-corrected chi connectivity index (χ4v) is 3.52. The summed E-state index contributed by atoms with van der Waals surface area (Å²) in [5.74, 6) is 0.239. The fourth-order valence-electron chi connectivity index (χ4n) is 3.52. The summed E-state index contributed by atoms with van der Waals surface area (Å²) in [6.07, 6.45) is 4.12. The van der Waals surface area contributed by atoms with E-state index in [2.05, 4.69) is 40.9 Å². The molecule has 3 nitrogen and oxygen atoms in total. The molecule has 0 radical (unpaired) electrons. The van der Waals surface area contributed by atoms with E-state index in [0.29, 0.717) is 0 Å². The molecule has 2 heterocycles. The third-order valence-corrected chi connectivity index (χ3v) is 4.89. The quantitative estimate of drug-likeness (QED) is 0.425. The van der Waals surface area contributed by atoms with Gasteiger partial charge in [-0.3, -0.25) is 0 Å². The zero-order valence-corrected chi connectivity index (χ0v) is 15.2. The first-order valence-electron chi connectivity index (χ1n) is 9.21. The number of hydrogen-bond donors (Lipinski definition) is 1. The number of imidazole rings is 1. The highest BCUT2D eigenvalue weighted by molar-refractivity contribution is 5.84. The summed E-state index contributed by atoms with van der Waals surface area (Å²) in [5.41, 5.74) is 7.11. The van der Waals surface area contributed by atoms with Crippen LogP contribution in [0.2, 0.25) is 0 Å². The molecule has 0 bridgehead atoms. The smallest absolute Gasteiger partial charge is 0.145 e. The van der Waals surface area contributed by atoms with Gasteiger partial charge in [-0.1, -0.05) is 72.8 Å². The van der Waals surface area contributed by atoms with Crippen LogP contribution in [0.1, 0.15) is 0 Å². The van der Waals surface area contributed by atoms with E-state index in [1.54, 1.807) is 12.1 Å². The first kappa shape index (κ1) is 16.3. The number of rotatable bonds is 3. The number of fused-ring (bicyclic) bond motifs is 1. The first-order valence-corrected chi connectivity index (χ1v) is 9.21. The topological polar surface area (TPSA) is 37.5 Å². The number of aromatic hydroxyl groups is 1. The molecule has 0 saturated carbocycles. The van der Waals surface area contributed by atoms with Gasteiger partial charge in [0.2, 0.25) is 0 Å². The monoisotopic (exact) mass is 362 g/mol. The third-order valence-electron chi connectivity index (χ3n) is 4.89. The first-order chi connectivity index (χ1) is 13.8. The molecule has 0 aliphatic carbocycles. The maximum atomic E-state index is 9.84. The van der Waals surface area contributed by atoms with E-state index in [-0.39, 0.29) is 5.75 Å². The van der Waals surface area contributed by atoms with Crippen molar-refractivity contribution in [3.8, 4) is 39.3 Å². The van der Waals surface area contributed by atoms with Gasteiger partial charge in [0.05, 0.1) is 5.69 Å². The van der Waals surface area contributed by atoms with Gasteiger partial charge in [-0.05, 0) is 34.9 Å². The van der Waals surface area contributed by atoms with E-state index in [1.807, 2.05) is 54.7 Å². The second-order valence-electron chi connectivity index (χ2n) is 6.78. The second kappa shape index (κ2) is 6.71. The van der Waals surface area contributed by atoms with Gasteiger partial charge >= 0.3 is 0 Å². The van der Waals surface area contributed by atoms with Crippen molar-refractivity contribution in [2.24, 2.45) is 0 Å². The highest BCUT2D eigenvalue weighted by Gasteiger charge is 2.13. The van der Waals surface area contributed by atoms with Crippen LogP contribution in [0.4, 0.5) is 0 Å². The summed E-state index contributed by atoms with van der Waals surface area (Å²) in [4.78, 5) is 4.89. The van der Waals surface area contributed by atoms with Crippen LogP contribution in [0.3, 0.4) is 0 Å². The lowest BCUT2D eigenvalue weighted by Gasteiger charge is -2.09. The zero-order valence-electron chi connectivity index (χ0n) is 15.2. The lowest BCUT2D eigenvalue weighted by molar-refractivity contribution is 0.475. The van der Waals surface area contributed by atoms with Gasteiger partial charge in [-0.25, -0.2) is 4.98 Å². The van der Waals surface area contributed by atoms with E-state index < -0.39 is 0 Å². The minimum Gasteiger partial charge on any atom is -0.508 e. The molecule has 0 atom stereocenters. The van der Waals surface area contributed by atoms with E-state index in [1.165, 1.54) is 0 Å². The van der Waals surface area contributed by atoms with Gasteiger partial charge in [0, 0.05) is 23.5 Å². The van der Waals surface area contributed by atoms with Crippen LogP contribution in [-0.2, 0) is 0 Å². The van der Waals surface area contributed by atoms with Crippen molar-refractivity contribution in [1.82, 2.24) is 9.38 Å². The van der Waals surface area contributed by atoms with Gasteiger partial charge in [0.15, 0.2) is 0 Å². The molecule has 0 aliphatic heterocycles. The summed E-state index contributed by atoms with van der Waals surface area (Å²) in [6, 6.07) is 30.1. The molecule has 2 aromatic heterocycles. The van der Waals surface area contributed by atoms with Crippen molar-refractivity contribution in [3.05, 3.63) is 103 Å². The van der Waals surface area contributed by atoms with Crippen molar-refractivity contribution in [2.45, 2.75) is 0 Å². The summed E-state index contributed by atoms with van der Waals surface area (Å²) in [5, 5.41) is 9.84. The summed E-state index contributed by atoms with van der Waals surface area (Å²) in [7, 11) is 0. The number of hydrogen-bond acceptors (Lipinski definition) is 2. The minimum atomic E-state index is 0.239. The highest BCUT2D eigenvalue weighted by atomic mass is 16.3. The molecule has 0 unspecified atom stereocenters. The summed E-state index contributed by atoms with van der Waals surface area (Å²) >= 11 is 0. The standard InChI is InChI=1S/C25H18N2O/c28-22-13-7-12-20(14-22)24-17-27-16-21(18-8-3-1-4-9-18)15-23(25(27)26-24)19-10-5-2-6-11-19/h1-17,28H. The number of aromatic nitrogens is 2. The Morgan fingerprint density at radius 1 is 0.607 bits per heavy atom. The third kappa shape index (κ3) is 2.93. The molecule has 0 saturated heterocycles. The van der Waals surface area contributed by atoms with Crippen molar-refractivity contribution in [1.29, 1.82) is 0 Å². The van der Waals surface area contributed by atoms with Crippen LogP contribution in [0.15, 0.2) is 103 Å². The molecule has 134 valence electrons. The Balaban J connectivity index is 1.77. The minimum absolute atomic E-state index is 0.239. The average molecular weight is 362 g/mol. The van der Waals surface area contributed by atoms with Gasteiger partial charge in [0.1, 0.15) is 11.4 Å². The SMILES string of the molecule is Oc1cccc(-c2cn3cc(-c4ccccc4)cc(-c4ccccc4)c3n2)c1. The van der Waals surface area contributed by atoms with E-state index in [9.17, 15) is 5.11 Å². The van der Waals surface area contributed by atoms with E-state index >= 15 is 0 Å². The molecule has 0 aliphatic rings. The molecule has 1 N–H and O–H groups in total. The molecule has 0 amide bonds. The average Bonchev–Trinajstić information content (AvgIpc) is 3.19. The number of benzene rings is 3. The van der Waals surface area contributed by atoms with Gasteiger partial charge < -0.3 is 9.51 Å². The molecule has 0 fully saturated rings. The molecule has 3 aromatic carbocycles. The van der Waals surface area contributed by atoms with Gasteiger partial charge in [0.25, 0.3) is 0 Å². The van der Waals surface area contributed by atoms with Crippen LogP contribution in [0.5, 0.6) is 5.75 Å². The Morgan fingerprint density at radius 2 is 1.29 bits per heavy atom. The Kier molecular flexibility index (Phi) is 3.91. The van der Waals surface area contributed by atoms with Crippen molar-refractivity contribution < 1.29 is 5.11 Å². The molecule has 3 heteroatoms. The van der Waals surface area contributed by atoms with E-state index in [0.717, 1.165) is 39.2 Å². The zero-order chi connectivity index (χ0) is 18.9. The highest BCUT2D eigenvalue weighted by Crippen LogP contribution is 2.32. The number of phenols is 1. The lowest BCUT2D eigenvalue weighted by Crippen LogP contribution is -1.90. The van der Waals surface area contributed by atoms with Crippen molar-refractivity contribution >= 4 is 5.65 Å². The number of phenolic OH excluding ortho intramolecular Hbond substituents is 1. The summed E-state index contributed by atoms with van der Waals surface area (Å²) < 4.78 is 2.07. The predicted octanol–water partition coefficient (Wildman–Crippen LogP) is 6.04. The lowest BCUT2D eigenvalue weighted by atomic mass is 10.0. The molecule has 0 spiro atoms. The Labute approximate surface area is 163 Å². The molecular formula is C25H18N2O. The van der Waals surface area contributed by atoms with Crippen molar-refractivity contribution in [2.75, 3.05) is 0 Å². The number of pyridine rings is 1. The normalized spacial score (nSPS) is 11.0. The van der Waals surface area contributed by atoms with Crippen LogP contribution < -0.4 is 0 Å². The van der Waals surface area contributed by atoms with E-state index in [4.69, 9.17) is 4.98 Å². The summed E-state index contributed by atoms with van der Waals surface area (Å²) in [6.45, 7) is 0. The van der Waals surface area contributed by atoms with Crippen LogP contribution in [0, 0.1) is 0 Å². The maximum absolute atomic E-state index is 9.84. The second-order valence-corrected chi connectivity index (χ2v) is 6.78. The molecule has 5 aromatic rings. The predicted molar refractivity (Wildman–Crippen MR) is 113 cm³/mol. The Hall–Kier alpha value is -3.85. The van der Waals surface area contributed by atoms with Crippen LogP contribution in [0.25, 0.3) is 39.2 Å². The Bertz CT molecular complexity index is 1260. The molecule has 28 heavy (non-hydrogen) atoms. The molecular weight excluding hydrogens is 344 g/mol. The van der Waals surface area contributed by atoms with Crippen LogP contribution in [-0.4, -0.2) is 14.5 Å². The van der Waals surface area contributed by atoms with Gasteiger partial charge in [-0.15, -0.1) is 0 Å². The maximum Gasteiger partial charge on any atom is 0.145 e. The fraction of sp³-hybridized carbons (Fsp3) is 0. The Morgan fingerprint density at radius 3 is 2.00 bits per heavy atom. The largest absolute Gasteiger partial charge is 0.508 e.